The summed E-state index contributed by atoms with van der Waals surface area (Å²) >= 11 is 3.32. The number of anilines is 1. The Balaban J connectivity index is 1.91. The van der Waals surface area contributed by atoms with Gasteiger partial charge >= 0.3 is 0 Å². The lowest BCUT2D eigenvalue weighted by Gasteiger charge is -2.19. The fourth-order valence-electron chi connectivity index (χ4n) is 2.68. The highest BCUT2D eigenvalue weighted by molar-refractivity contribution is 9.10. The van der Waals surface area contributed by atoms with Crippen LogP contribution in [-0.4, -0.2) is 14.5 Å². The molecule has 1 aromatic rings. The minimum Gasteiger partial charge on any atom is -0.398 e. The Labute approximate surface area is 128 Å². The number of hydrogen-bond acceptors (Lipinski definition) is 3. The summed E-state index contributed by atoms with van der Waals surface area (Å²) in [5, 5.41) is 0. The molecule has 0 radical (unpaired) electrons. The topological polar surface area (TPSA) is 72.2 Å². The lowest BCUT2D eigenvalue weighted by molar-refractivity contribution is 0.471. The highest BCUT2D eigenvalue weighted by Gasteiger charge is 2.43. The first-order chi connectivity index (χ1) is 9.38. The molecule has 2 saturated carbocycles. The van der Waals surface area contributed by atoms with Gasteiger partial charge in [-0.05, 0) is 62.1 Å². The van der Waals surface area contributed by atoms with Gasteiger partial charge in [-0.25, -0.2) is 13.1 Å². The fraction of sp³-hybridized carbons (Fsp3) is 0.571. The Bertz CT molecular complexity index is 625. The molecule has 0 unspecified atom stereocenters. The molecule has 20 heavy (non-hydrogen) atoms. The second kappa shape index (κ2) is 5.00. The molecule has 4 nitrogen and oxygen atoms in total. The van der Waals surface area contributed by atoms with Crippen molar-refractivity contribution >= 4 is 31.6 Å². The van der Waals surface area contributed by atoms with Crippen LogP contribution in [0.3, 0.4) is 0 Å². The van der Waals surface area contributed by atoms with Crippen molar-refractivity contribution in [2.45, 2.75) is 43.5 Å². The molecule has 2 fully saturated rings. The van der Waals surface area contributed by atoms with E-state index in [0.717, 1.165) is 25.7 Å². The maximum Gasteiger partial charge on any atom is 0.241 e. The second-order valence-corrected chi connectivity index (χ2v) is 8.54. The van der Waals surface area contributed by atoms with Gasteiger partial charge in [-0.3, -0.25) is 0 Å². The number of benzene rings is 1. The zero-order chi connectivity index (χ0) is 14.5. The highest BCUT2D eigenvalue weighted by atomic mass is 79.9. The minimum absolute atomic E-state index is 0.111. The first-order valence-electron chi connectivity index (χ1n) is 6.96. The van der Waals surface area contributed by atoms with E-state index in [1.54, 1.807) is 19.1 Å². The van der Waals surface area contributed by atoms with Crippen LogP contribution in [0.1, 0.15) is 31.2 Å². The standard InChI is InChI=1S/C14H19BrN2O2S/c1-8-12(16)6-11(15)7-13(8)20(18,19)17-14(9-2-3-9)10-4-5-10/h6-7,9-10,14,17H,2-5,16H2,1H3. The van der Waals surface area contributed by atoms with Crippen LogP contribution in [0.15, 0.2) is 21.5 Å². The molecular formula is C14H19BrN2O2S. The van der Waals surface area contributed by atoms with Gasteiger partial charge in [0.05, 0.1) is 4.90 Å². The largest absolute Gasteiger partial charge is 0.398 e. The van der Waals surface area contributed by atoms with Crippen LogP contribution >= 0.6 is 15.9 Å². The van der Waals surface area contributed by atoms with Gasteiger partial charge in [-0.1, -0.05) is 15.9 Å². The van der Waals surface area contributed by atoms with Crippen LogP contribution in [0.5, 0.6) is 0 Å². The Kier molecular flexibility index (Phi) is 3.59. The van der Waals surface area contributed by atoms with E-state index in [-0.39, 0.29) is 10.9 Å². The van der Waals surface area contributed by atoms with Gasteiger partial charge in [-0.15, -0.1) is 0 Å². The van der Waals surface area contributed by atoms with Crippen LogP contribution in [0, 0.1) is 18.8 Å². The normalized spacial score (nSPS) is 19.6. The Hall–Kier alpha value is -0.590. The van der Waals surface area contributed by atoms with Crippen molar-refractivity contribution in [3.05, 3.63) is 22.2 Å². The van der Waals surface area contributed by atoms with Gasteiger partial charge < -0.3 is 5.73 Å². The summed E-state index contributed by atoms with van der Waals surface area (Å²) < 4.78 is 28.9. The average molecular weight is 359 g/mol. The lowest BCUT2D eigenvalue weighted by Crippen LogP contribution is -2.38. The van der Waals surface area contributed by atoms with Crippen LogP contribution in [0.25, 0.3) is 0 Å². The minimum atomic E-state index is -3.51. The van der Waals surface area contributed by atoms with Crippen molar-refractivity contribution in [1.29, 1.82) is 0 Å². The monoisotopic (exact) mass is 358 g/mol. The van der Waals surface area contributed by atoms with E-state index in [2.05, 4.69) is 20.7 Å². The van der Waals surface area contributed by atoms with Crippen molar-refractivity contribution in [3.8, 4) is 0 Å². The number of halogens is 1. The number of sulfonamides is 1. The molecule has 0 saturated heterocycles. The van der Waals surface area contributed by atoms with Crippen molar-refractivity contribution in [1.82, 2.24) is 4.72 Å². The van der Waals surface area contributed by atoms with E-state index in [1.165, 1.54) is 0 Å². The summed E-state index contributed by atoms with van der Waals surface area (Å²) in [5.74, 6) is 1.06. The van der Waals surface area contributed by atoms with Crippen LogP contribution < -0.4 is 10.5 Å². The molecule has 0 spiro atoms. The zero-order valence-corrected chi connectivity index (χ0v) is 13.8. The van der Waals surface area contributed by atoms with Crippen molar-refractivity contribution < 1.29 is 8.42 Å². The van der Waals surface area contributed by atoms with E-state index in [4.69, 9.17) is 5.73 Å². The highest BCUT2D eigenvalue weighted by Crippen LogP contribution is 2.45. The molecule has 1 aromatic carbocycles. The molecule has 0 aromatic heterocycles. The SMILES string of the molecule is Cc1c(N)cc(Br)cc1S(=O)(=O)NC(C1CC1)C1CC1. The third kappa shape index (κ3) is 2.87. The van der Waals surface area contributed by atoms with Gasteiger partial charge in [0.25, 0.3) is 0 Å². The maximum absolute atomic E-state index is 12.6. The van der Waals surface area contributed by atoms with Gasteiger partial charge in [0.1, 0.15) is 0 Å². The molecule has 0 bridgehead atoms. The Morgan fingerprint density at radius 1 is 1.25 bits per heavy atom. The molecular weight excluding hydrogens is 340 g/mol. The van der Waals surface area contributed by atoms with Crippen molar-refractivity contribution in [2.24, 2.45) is 11.8 Å². The molecule has 2 aliphatic carbocycles. The van der Waals surface area contributed by atoms with Crippen LogP contribution in [-0.2, 0) is 10.0 Å². The van der Waals surface area contributed by atoms with Crippen molar-refractivity contribution in [2.75, 3.05) is 5.73 Å². The summed E-state index contributed by atoms with van der Waals surface area (Å²) in [6.07, 6.45) is 4.57. The molecule has 0 aliphatic heterocycles. The summed E-state index contributed by atoms with van der Waals surface area (Å²) in [7, 11) is -3.51. The second-order valence-electron chi connectivity index (χ2n) is 5.94. The van der Waals surface area contributed by atoms with E-state index >= 15 is 0 Å². The van der Waals surface area contributed by atoms with E-state index in [1.807, 2.05) is 0 Å². The quantitative estimate of drug-likeness (QED) is 0.794. The van der Waals surface area contributed by atoms with Gasteiger partial charge in [0, 0.05) is 16.2 Å². The smallest absolute Gasteiger partial charge is 0.241 e. The van der Waals surface area contributed by atoms with E-state index in [0.29, 0.717) is 27.6 Å². The Morgan fingerprint density at radius 3 is 2.30 bits per heavy atom. The molecule has 0 amide bonds. The van der Waals surface area contributed by atoms with Gasteiger partial charge in [0.15, 0.2) is 0 Å². The first kappa shape index (κ1) is 14.4. The third-order valence-corrected chi connectivity index (χ3v) is 6.25. The molecule has 0 heterocycles. The van der Waals surface area contributed by atoms with Gasteiger partial charge in [0.2, 0.25) is 10.0 Å². The molecule has 2 aliphatic rings. The maximum atomic E-state index is 12.6. The number of rotatable bonds is 5. The van der Waals surface area contributed by atoms with Crippen molar-refractivity contribution in [3.63, 3.8) is 0 Å². The first-order valence-corrected chi connectivity index (χ1v) is 9.24. The Morgan fingerprint density at radius 2 is 1.80 bits per heavy atom. The molecule has 0 atom stereocenters. The predicted octanol–water partition coefficient (Wildman–Crippen LogP) is 2.81. The number of nitrogens with one attached hydrogen (secondary N) is 1. The van der Waals surface area contributed by atoms with Crippen LogP contribution in [0.2, 0.25) is 0 Å². The summed E-state index contributed by atoms with van der Waals surface area (Å²) in [6, 6.07) is 3.47. The fourth-order valence-corrected chi connectivity index (χ4v) is 4.98. The zero-order valence-electron chi connectivity index (χ0n) is 11.4. The summed E-state index contributed by atoms with van der Waals surface area (Å²) in [4.78, 5) is 0.288. The number of hydrogen-bond donors (Lipinski definition) is 2. The molecule has 3 N–H and O–H groups in total. The van der Waals surface area contributed by atoms with E-state index in [9.17, 15) is 8.42 Å². The summed E-state index contributed by atoms with van der Waals surface area (Å²) in [5.41, 5.74) is 6.98. The average Bonchev–Trinajstić information content (AvgIpc) is 3.24. The number of nitrogen functional groups attached to an aromatic ring is 1. The molecule has 6 heteroatoms. The predicted molar refractivity (Wildman–Crippen MR) is 82.8 cm³/mol. The van der Waals surface area contributed by atoms with E-state index < -0.39 is 10.0 Å². The lowest BCUT2D eigenvalue weighted by atomic mass is 10.1. The number of nitrogens with two attached hydrogens (primary N) is 1. The summed E-state index contributed by atoms with van der Waals surface area (Å²) in [6.45, 7) is 1.75. The van der Waals surface area contributed by atoms with Gasteiger partial charge in [-0.2, -0.15) is 0 Å². The molecule has 110 valence electrons. The van der Waals surface area contributed by atoms with Crippen LogP contribution in [0.4, 0.5) is 5.69 Å². The third-order valence-electron chi connectivity index (χ3n) is 4.21. The molecule has 3 rings (SSSR count).